The predicted octanol–water partition coefficient (Wildman–Crippen LogP) is 1.94. The predicted molar refractivity (Wildman–Crippen MR) is 92.1 cm³/mol. The molecule has 24 heavy (non-hydrogen) atoms. The molecule has 1 aliphatic carbocycles. The van der Waals surface area contributed by atoms with Crippen LogP contribution < -0.4 is 4.74 Å². The summed E-state index contributed by atoms with van der Waals surface area (Å²) >= 11 is 0. The van der Waals surface area contributed by atoms with Crippen molar-refractivity contribution in [1.29, 1.82) is 0 Å². The van der Waals surface area contributed by atoms with Gasteiger partial charge in [-0.2, -0.15) is 0 Å². The van der Waals surface area contributed by atoms with Crippen LogP contribution in [0.15, 0.2) is 12.1 Å². The zero-order chi connectivity index (χ0) is 17.3. The molecule has 1 aliphatic heterocycles. The highest BCUT2D eigenvalue weighted by molar-refractivity contribution is 5.82. The van der Waals surface area contributed by atoms with E-state index in [-0.39, 0.29) is 17.7 Å². The zero-order valence-corrected chi connectivity index (χ0v) is 14.8. The molecule has 1 aromatic carbocycles. The van der Waals surface area contributed by atoms with Gasteiger partial charge in [0.05, 0.1) is 13.5 Å². The summed E-state index contributed by atoms with van der Waals surface area (Å²) in [6, 6.07) is 3.91. The van der Waals surface area contributed by atoms with E-state index < -0.39 is 0 Å². The van der Waals surface area contributed by atoms with Crippen LogP contribution in [0.25, 0.3) is 0 Å². The molecule has 2 aliphatic rings. The van der Waals surface area contributed by atoms with Crippen molar-refractivity contribution in [3.8, 4) is 5.75 Å². The van der Waals surface area contributed by atoms with E-state index in [1.54, 1.807) is 7.11 Å². The first-order chi connectivity index (χ1) is 11.5. The molecule has 5 nitrogen and oxygen atoms in total. The van der Waals surface area contributed by atoms with Crippen molar-refractivity contribution in [1.82, 2.24) is 9.80 Å². The Hall–Kier alpha value is -2.04. The van der Waals surface area contributed by atoms with Crippen LogP contribution in [0.5, 0.6) is 5.75 Å². The smallest absolute Gasteiger partial charge is 0.227 e. The molecule has 0 radical (unpaired) electrons. The average molecular weight is 330 g/mol. The normalized spacial score (nSPS) is 17.8. The molecule has 0 bridgehead atoms. The number of ether oxygens (including phenoxy) is 1. The highest BCUT2D eigenvalue weighted by Gasteiger charge is 2.35. The molecule has 5 heteroatoms. The Morgan fingerprint density at radius 3 is 2.25 bits per heavy atom. The van der Waals surface area contributed by atoms with Gasteiger partial charge < -0.3 is 14.5 Å². The first-order valence-electron chi connectivity index (χ1n) is 8.71. The molecule has 1 aromatic rings. The third-order valence-electron chi connectivity index (χ3n) is 5.28. The molecule has 0 atom stereocenters. The maximum Gasteiger partial charge on any atom is 0.227 e. The Balaban J connectivity index is 1.58. The van der Waals surface area contributed by atoms with Gasteiger partial charge in [-0.05, 0) is 49.4 Å². The molecule has 2 fully saturated rings. The Morgan fingerprint density at radius 2 is 1.67 bits per heavy atom. The number of carbonyl (C=O) groups excluding carboxylic acids is 2. The maximum atomic E-state index is 12.6. The van der Waals surface area contributed by atoms with Gasteiger partial charge in [0.1, 0.15) is 5.75 Å². The lowest BCUT2D eigenvalue weighted by Crippen LogP contribution is -2.51. The van der Waals surface area contributed by atoms with Gasteiger partial charge in [-0.25, -0.2) is 0 Å². The van der Waals surface area contributed by atoms with Gasteiger partial charge in [-0.15, -0.1) is 0 Å². The topological polar surface area (TPSA) is 49.9 Å². The van der Waals surface area contributed by atoms with Crippen LogP contribution in [-0.2, 0) is 16.0 Å². The van der Waals surface area contributed by atoms with Crippen LogP contribution in [-0.4, -0.2) is 54.9 Å². The fourth-order valence-corrected chi connectivity index (χ4v) is 3.30. The minimum absolute atomic E-state index is 0.140. The van der Waals surface area contributed by atoms with Crippen LogP contribution in [0.4, 0.5) is 0 Å². The van der Waals surface area contributed by atoms with Crippen molar-refractivity contribution in [2.45, 2.75) is 33.1 Å². The standard InChI is InChI=1S/C19H26N2O3/c1-13-14(2)17(24-3)7-6-16(13)12-18(22)20-8-10-21(11-9-20)19(23)15-4-5-15/h6-7,15H,4-5,8-12H2,1-3H3. The maximum absolute atomic E-state index is 12.6. The van der Waals surface area contributed by atoms with Crippen LogP contribution >= 0.6 is 0 Å². The number of nitrogens with zero attached hydrogens (tertiary/aromatic N) is 2. The number of amides is 2. The van der Waals surface area contributed by atoms with Crippen LogP contribution in [0.1, 0.15) is 29.5 Å². The van der Waals surface area contributed by atoms with Crippen LogP contribution in [0, 0.1) is 19.8 Å². The highest BCUT2D eigenvalue weighted by Crippen LogP contribution is 2.31. The molecule has 0 spiro atoms. The van der Waals surface area contributed by atoms with E-state index in [1.165, 1.54) is 0 Å². The van der Waals surface area contributed by atoms with Crippen LogP contribution in [0.3, 0.4) is 0 Å². The summed E-state index contributed by atoms with van der Waals surface area (Å²) in [4.78, 5) is 28.5. The van der Waals surface area contributed by atoms with Crippen molar-refractivity contribution in [3.05, 3.63) is 28.8 Å². The molecule has 1 heterocycles. The van der Waals surface area contributed by atoms with Crippen molar-refractivity contribution in [3.63, 3.8) is 0 Å². The van der Waals surface area contributed by atoms with Crippen molar-refractivity contribution in [2.24, 2.45) is 5.92 Å². The van der Waals surface area contributed by atoms with Gasteiger partial charge in [-0.3, -0.25) is 9.59 Å². The summed E-state index contributed by atoms with van der Waals surface area (Å²) < 4.78 is 5.33. The van der Waals surface area contributed by atoms with Gasteiger partial charge in [-0.1, -0.05) is 6.07 Å². The van der Waals surface area contributed by atoms with Crippen molar-refractivity contribution >= 4 is 11.8 Å². The molecular weight excluding hydrogens is 304 g/mol. The zero-order valence-electron chi connectivity index (χ0n) is 14.8. The molecule has 1 saturated heterocycles. The molecule has 0 unspecified atom stereocenters. The number of methoxy groups -OCH3 is 1. The molecule has 3 rings (SSSR count). The van der Waals surface area contributed by atoms with Crippen molar-refractivity contribution < 1.29 is 14.3 Å². The second-order valence-corrected chi connectivity index (χ2v) is 6.83. The fourth-order valence-electron chi connectivity index (χ4n) is 3.30. The Bertz CT molecular complexity index is 644. The van der Waals surface area contributed by atoms with Crippen LogP contribution in [0.2, 0.25) is 0 Å². The van der Waals surface area contributed by atoms with E-state index >= 15 is 0 Å². The summed E-state index contributed by atoms with van der Waals surface area (Å²) in [6.07, 6.45) is 2.48. The largest absolute Gasteiger partial charge is 0.496 e. The molecular formula is C19H26N2O3. The highest BCUT2D eigenvalue weighted by atomic mass is 16.5. The summed E-state index contributed by atoms with van der Waals surface area (Å²) in [5.74, 6) is 1.54. The van der Waals surface area contributed by atoms with E-state index in [1.807, 2.05) is 35.8 Å². The first kappa shape index (κ1) is 16.8. The average Bonchev–Trinajstić information content (AvgIpc) is 3.44. The lowest BCUT2D eigenvalue weighted by atomic mass is 9.99. The fraction of sp³-hybridized carbons (Fsp3) is 0.579. The van der Waals surface area contributed by atoms with E-state index in [4.69, 9.17) is 4.74 Å². The lowest BCUT2D eigenvalue weighted by molar-refractivity contribution is -0.140. The van der Waals surface area contributed by atoms with E-state index in [9.17, 15) is 9.59 Å². The Kier molecular flexibility index (Phi) is 4.78. The summed E-state index contributed by atoms with van der Waals surface area (Å²) in [6.45, 7) is 6.68. The Morgan fingerprint density at radius 1 is 1.04 bits per heavy atom. The number of hydrogen-bond donors (Lipinski definition) is 0. The Labute approximate surface area is 143 Å². The van der Waals surface area contributed by atoms with Gasteiger partial charge in [0, 0.05) is 32.1 Å². The van der Waals surface area contributed by atoms with Gasteiger partial charge in [0.25, 0.3) is 0 Å². The first-order valence-corrected chi connectivity index (χ1v) is 8.71. The van der Waals surface area contributed by atoms with E-state index in [0.29, 0.717) is 32.6 Å². The second kappa shape index (κ2) is 6.83. The van der Waals surface area contributed by atoms with E-state index in [0.717, 1.165) is 35.3 Å². The molecule has 130 valence electrons. The third kappa shape index (κ3) is 3.40. The second-order valence-electron chi connectivity index (χ2n) is 6.83. The number of hydrogen-bond acceptors (Lipinski definition) is 3. The van der Waals surface area contributed by atoms with Gasteiger partial charge in [0.15, 0.2) is 0 Å². The number of rotatable bonds is 4. The summed E-state index contributed by atoms with van der Waals surface area (Å²) in [5.41, 5.74) is 3.25. The number of piperazine rings is 1. The third-order valence-corrected chi connectivity index (χ3v) is 5.28. The van der Waals surface area contributed by atoms with E-state index in [2.05, 4.69) is 0 Å². The number of carbonyl (C=O) groups is 2. The van der Waals surface area contributed by atoms with Gasteiger partial charge in [0.2, 0.25) is 11.8 Å². The summed E-state index contributed by atoms with van der Waals surface area (Å²) in [7, 11) is 1.66. The number of benzene rings is 1. The van der Waals surface area contributed by atoms with Gasteiger partial charge >= 0.3 is 0 Å². The van der Waals surface area contributed by atoms with Crippen molar-refractivity contribution in [2.75, 3.05) is 33.3 Å². The minimum Gasteiger partial charge on any atom is -0.496 e. The SMILES string of the molecule is COc1ccc(CC(=O)N2CCN(C(=O)C3CC3)CC2)c(C)c1C. The molecule has 0 N–H and O–H groups in total. The molecule has 1 saturated carbocycles. The quantitative estimate of drug-likeness (QED) is 0.848. The summed E-state index contributed by atoms with van der Waals surface area (Å²) in [5, 5.41) is 0. The monoisotopic (exact) mass is 330 g/mol. The minimum atomic E-state index is 0.140. The lowest BCUT2D eigenvalue weighted by Gasteiger charge is -2.35. The molecule has 2 amide bonds. The molecule has 0 aromatic heterocycles.